The summed E-state index contributed by atoms with van der Waals surface area (Å²) in [5.41, 5.74) is 3.03. The molecule has 0 aliphatic carbocycles. The number of hydrogen-bond donors (Lipinski definition) is 2. The van der Waals surface area contributed by atoms with Gasteiger partial charge >= 0.3 is 0 Å². The molecule has 1 amide bonds. The normalized spacial score (nSPS) is 27.5. The second kappa shape index (κ2) is 1.78. The van der Waals surface area contributed by atoms with Gasteiger partial charge in [0.05, 0.1) is 5.71 Å². The third-order valence-corrected chi connectivity index (χ3v) is 1.59. The standard InChI is InChI=1S/C4H6N2OS/c1-2-3(8)4(7)6-5-2/h3,8H,1H3,(H,6,7). The molecular weight excluding hydrogens is 124 g/mol. The van der Waals surface area contributed by atoms with E-state index in [0.29, 0.717) is 0 Å². The van der Waals surface area contributed by atoms with Crippen molar-refractivity contribution in [2.24, 2.45) is 5.10 Å². The molecule has 1 heterocycles. The van der Waals surface area contributed by atoms with E-state index >= 15 is 0 Å². The maximum atomic E-state index is 10.5. The minimum atomic E-state index is -0.324. The van der Waals surface area contributed by atoms with Gasteiger partial charge in [-0.05, 0) is 6.92 Å². The molecule has 1 N–H and O–H groups in total. The summed E-state index contributed by atoms with van der Waals surface area (Å²) in [7, 11) is 0. The molecule has 0 saturated carbocycles. The Balaban J connectivity index is 2.72. The Labute approximate surface area is 52.6 Å². The average molecular weight is 130 g/mol. The SMILES string of the molecule is CC1=NNC(=O)C1S. The van der Waals surface area contributed by atoms with Crippen molar-refractivity contribution in [1.82, 2.24) is 5.43 Å². The molecule has 0 aromatic rings. The number of carbonyl (C=O) groups excluding carboxylic acids is 1. The van der Waals surface area contributed by atoms with Crippen LogP contribution in [0.25, 0.3) is 0 Å². The monoisotopic (exact) mass is 130 g/mol. The van der Waals surface area contributed by atoms with Gasteiger partial charge in [0.2, 0.25) is 0 Å². The summed E-state index contributed by atoms with van der Waals surface area (Å²) in [6, 6.07) is 0. The Morgan fingerprint density at radius 1 is 1.88 bits per heavy atom. The largest absolute Gasteiger partial charge is 0.271 e. The summed E-state index contributed by atoms with van der Waals surface area (Å²) >= 11 is 3.94. The van der Waals surface area contributed by atoms with Crippen molar-refractivity contribution in [2.75, 3.05) is 0 Å². The zero-order valence-corrected chi connectivity index (χ0v) is 5.27. The number of rotatable bonds is 0. The van der Waals surface area contributed by atoms with Crippen LogP contribution in [0, 0.1) is 0 Å². The van der Waals surface area contributed by atoms with Gasteiger partial charge in [0.1, 0.15) is 5.25 Å². The predicted molar refractivity (Wildman–Crippen MR) is 34.0 cm³/mol. The minimum Gasteiger partial charge on any atom is -0.271 e. The molecule has 8 heavy (non-hydrogen) atoms. The Morgan fingerprint density at radius 2 is 2.50 bits per heavy atom. The topological polar surface area (TPSA) is 41.5 Å². The van der Waals surface area contributed by atoms with E-state index in [1.165, 1.54) is 0 Å². The van der Waals surface area contributed by atoms with E-state index in [9.17, 15) is 4.79 Å². The highest BCUT2D eigenvalue weighted by atomic mass is 32.1. The summed E-state index contributed by atoms with van der Waals surface area (Å²) in [6.07, 6.45) is 0. The number of hydrazone groups is 1. The van der Waals surface area contributed by atoms with E-state index < -0.39 is 0 Å². The Morgan fingerprint density at radius 3 is 2.62 bits per heavy atom. The lowest BCUT2D eigenvalue weighted by Gasteiger charge is -1.92. The van der Waals surface area contributed by atoms with E-state index in [1.807, 2.05) is 0 Å². The smallest absolute Gasteiger partial charge is 0.258 e. The molecule has 0 fully saturated rings. The number of amides is 1. The van der Waals surface area contributed by atoms with Gasteiger partial charge in [0.15, 0.2) is 0 Å². The third kappa shape index (κ3) is 0.709. The number of nitrogens with one attached hydrogen (secondary N) is 1. The van der Waals surface area contributed by atoms with Gasteiger partial charge in [-0.3, -0.25) is 4.79 Å². The van der Waals surface area contributed by atoms with Gasteiger partial charge in [-0.15, -0.1) is 0 Å². The van der Waals surface area contributed by atoms with Crippen LogP contribution in [0.3, 0.4) is 0 Å². The number of thiol groups is 1. The van der Waals surface area contributed by atoms with Crippen molar-refractivity contribution < 1.29 is 4.79 Å². The summed E-state index contributed by atoms with van der Waals surface area (Å²) < 4.78 is 0. The van der Waals surface area contributed by atoms with Gasteiger partial charge in [-0.25, -0.2) is 5.43 Å². The lowest BCUT2D eigenvalue weighted by molar-refractivity contribution is -0.118. The Bertz CT molecular complexity index is 154. The molecule has 3 nitrogen and oxygen atoms in total. The molecule has 4 heteroatoms. The van der Waals surface area contributed by atoms with Crippen LogP contribution in [0.4, 0.5) is 0 Å². The molecule has 1 aliphatic rings. The quantitative estimate of drug-likeness (QED) is 0.438. The Kier molecular flexibility index (Phi) is 1.25. The third-order valence-electron chi connectivity index (χ3n) is 0.987. The van der Waals surface area contributed by atoms with E-state index in [0.717, 1.165) is 5.71 Å². The van der Waals surface area contributed by atoms with E-state index in [2.05, 4.69) is 23.2 Å². The first-order valence-corrected chi connectivity index (χ1v) is 2.75. The van der Waals surface area contributed by atoms with E-state index in [4.69, 9.17) is 0 Å². The minimum absolute atomic E-state index is 0.133. The number of nitrogens with zero attached hydrogens (tertiary/aromatic N) is 1. The van der Waals surface area contributed by atoms with Crippen molar-refractivity contribution in [1.29, 1.82) is 0 Å². The van der Waals surface area contributed by atoms with Gasteiger partial charge in [0, 0.05) is 0 Å². The predicted octanol–water partition coefficient (Wildman–Crippen LogP) is -0.210. The van der Waals surface area contributed by atoms with Crippen molar-refractivity contribution in [3.05, 3.63) is 0 Å². The van der Waals surface area contributed by atoms with Crippen molar-refractivity contribution in [3.8, 4) is 0 Å². The van der Waals surface area contributed by atoms with Crippen molar-refractivity contribution >= 4 is 24.2 Å². The van der Waals surface area contributed by atoms with Gasteiger partial charge < -0.3 is 0 Å². The molecule has 1 aliphatic heterocycles. The average Bonchev–Trinajstić information content (AvgIpc) is 1.98. The Hall–Kier alpha value is -0.510. The maximum Gasteiger partial charge on any atom is 0.258 e. The molecule has 1 rings (SSSR count). The molecule has 0 radical (unpaired) electrons. The molecule has 0 bridgehead atoms. The van der Waals surface area contributed by atoms with Gasteiger partial charge in [-0.2, -0.15) is 17.7 Å². The molecule has 44 valence electrons. The van der Waals surface area contributed by atoms with E-state index in [-0.39, 0.29) is 11.2 Å². The molecular formula is C4H6N2OS. The highest BCUT2D eigenvalue weighted by Crippen LogP contribution is 2.02. The maximum absolute atomic E-state index is 10.5. The van der Waals surface area contributed by atoms with Gasteiger partial charge in [-0.1, -0.05) is 0 Å². The summed E-state index contributed by atoms with van der Waals surface area (Å²) in [4.78, 5) is 10.5. The second-order valence-electron chi connectivity index (χ2n) is 1.63. The van der Waals surface area contributed by atoms with Crippen molar-refractivity contribution in [2.45, 2.75) is 12.2 Å². The first-order chi connectivity index (χ1) is 3.72. The van der Waals surface area contributed by atoms with E-state index in [1.54, 1.807) is 6.92 Å². The lowest BCUT2D eigenvalue weighted by atomic mass is 10.3. The van der Waals surface area contributed by atoms with Gasteiger partial charge in [0.25, 0.3) is 5.91 Å². The van der Waals surface area contributed by atoms with Crippen LogP contribution in [0.5, 0.6) is 0 Å². The van der Waals surface area contributed by atoms with Crippen LogP contribution in [0.1, 0.15) is 6.92 Å². The molecule has 1 atom stereocenters. The van der Waals surface area contributed by atoms with Crippen molar-refractivity contribution in [3.63, 3.8) is 0 Å². The number of hydrogen-bond acceptors (Lipinski definition) is 3. The van der Waals surface area contributed by atoms with Crippen LogP contribution >= 0.6 is 12.6 Å². The zero-order chi connectivity index (χ0) is 6.15. The highest BCUT2D eigenvalue weighted by Gasteiger charge is 2.21. The fourth-order valence-corrected chi connectivity index (χ4v) is 0.571. The highest BCUT2D eigenvalue weighted by molar-refractivity contribution is 7.82. The fraction of sp³-hybridized carbons (Fsp3) is 0.500. The number of carbonyl (C=O) groups is 1. The molecule has 0 saturated heterocycles. The lowest BCUT2D eigenvalue weighted by Crippen LogP contribution is -2.22. The van der Waals surface area contributed by atoms with Crippen LogP contribution in [0.15, 0.2) is 5.10 Å². The summed E-state index contributed by atoms with van der Waals surface area (Å²) in [5.74, 6) is -0.133. The van der Waals surface area contributed by atoms with Crippen LogP contribution in [0.2, 0.25) is 0 Å². The first-order valence-electron chi connectivity index (χ1n) is 2.24. The molecule has 0 aromatic heterocycles. The fourth-order valence-electron chi connectivity index (χ4n) is 0.455. The van der Waals surface area contributed by atoms with Crippen LogP contribution < -0.4 is 5.43 Å². The zero-order valence-electron chi connectivity index (χ0n) is 4.38. The second-order valence-corrected chi connectivity index (χ2v) is 2.15. The summed E-state index contributed by atoms with van der Waals surface area (Å²) in [6.45, 7) is 1.76. The molecule has 1 unspecified atom stereocenters. The summed E-state index contributed by atoms with van der Waals surface area (Å²) in [5, 5.41) is 3.31. The molecule has 0 aromatic carbocycles. The van der Waals surface area contributed by atoms with Crippen LogP contribution in [-0.2, 0) is 4.79 Å². The van der Waals surface area contributed by atoms with Crippen LogP contribution in [-0.4, -0.2) is 16.9 Å². The molecule has 0 spiro atoms. The first kappa shape index (κ1) is 5.62.